The lowest BCUT2D eigenvalue weighted by Gasteiger charge is -2.38. The van der Waals surface area contributed by atoms with Gasteiger partial charge in [-0.05, 0) is 62.9 Å². The van der Waals surface area contributed by atoms with Gasteiger partial charge in [0.1, 0.15) is 5.76 Å². The van der Waals surface area contributed by atoms with Gasteiger partial charge in [0.25, 0.3) is 0 Å². The van der Waals surface area contributed by atoms with Crippen molar-refractivity contribution in [2.75, 3.05) is 19.6 Å². The van der Waals surface area contributed by atoms with Gasteiger partial charge in [0.2, 0.25) is 5.91 Å². The van der Waals surface area contributed by atoms with Gasteiger partial charge in [-0.1, -0.05) is 37.3 Å². The molecule has 2 aromatic rings. The van der Waals surface area contributed by atoms with Gasteiger partial charge in [-0.3, -0.25) is 9.69 Å². The average molecular weight is 369 g/mol. The smallest absolute Gasteiger partial charge is 0.222 e. The Morgan fingerprint density at radius 1 is 1.19 bits per heavy atom. The van der Waals surface area contributed by atoms with Crippen molar-refractivity contribution >= 4 is 5.91 Å². The van der Waals surface area contributed by atoms with Gasteiger partial charge in [0.15, 0.2) is 0 Å². The van der Waals surface area contributed by atoms with Crippen LogP contribution < -0.4 is 0 Å². The lowest BCUT2D eigenvalue weighted by atomic mass is 9.89. The number of furan rings is 1. The molecule has 0 N–H and O–H groups in total. The molecule has 1 saturated heterocycles. The minimum atomic E-state index is 0.192. The van der Waals surface area contributed by atoms with Gasteiger partial charge < -0.3 is 9.32 Å². The molecule has 1 amide bonds. The second-order valence-corrected chi connectivity index (χ2v) is 7.73. The summed E-state index contributed by atoms with van der Waals surface area (Å²) >= 11 is 0. The molecule has 0 radical (unpaired) electrons. The molecule has 1 aromatic carbocycles. The van der Waals surface area contributed by atoms with E-state index in [-0.39, 0.29) is 5.91 Å². The summed E-state index contributed by atoms with van der Waals surface area (Å²) in [4.78, 5) is 16.9. The van der Waals surface area contributed by atoms with Crippen molar-refractivity contribution in [1.29, 1.82) is 0 Å². The highest BCUT2D eigenvalue weighted by atomic mass is 16.3. The molecule has 3 rings (SSSR count). The normalized spacial score (nSPS) is 17.0. The summed E-state index contributed by atoms with van der Waals surface area (Å²) in [5.74, 6) is 1.81. The van der Waals surface area contributed by atoms with Crippen LogP contribution >= 0.6 is 0 Å². The lowest BCUT2D eigenvalue weighted by molar-refractivity contribution is -0.132. The van der Waals surface area contributed by atoms with Crippen molar-refractivity contribution in [2.45, 2.75) is 52.1 Å². The Bertz CT molecular complexity index is 676. The quantitative estimate of drug-likeness (QED) is 0.695. The minimum absolute atomic E-state index is 0.192. The molecule has 0 saturated carbocycles. The summed E-state index contributed by atoms with van der Waals surface area (Å²) in [6, 6.07) is 15.0. The molecular formula is C23H32N2O2. The summed E-state index contributed by atoms with van der Waals surface area (Å²) in [5, 5.41) is 0. The van der Waals surface area contributed by atoms with Crippen molar-refractivity contribution in [1.82, 2.24) is 9.80 Å². The van der Waals surface area contributed by atoms with Crippen LogP contribution in [0.15, 0.2) is 53.1 Å². The summed E-state index contributed by atoms with van der Waals surface area (Å²) in [6.07, 6.45) is 5.86. The molecule has 2 heterocycles. The number of amides is 1. The van der Waals surface area contributed by atoms with E-state index in [0.29, 0.717) is 19.0 Å². The molecule has 0 spiro atoms. The highest BCUT2D eigenvalue weighted by Gasteiger charge is 2.25. The third kappa shape index (κ3) is 5.70. The van der Waals surface area contributed by atoms with Crippen LogP contribution in [-0.2, 0) is 17.8 Å². The number of carbonyl (C=O) groups excluding carboxylic acids is 1. The minimum Gasteiger partial charge on any atom is -0.467 e. The van der Waals surface area contributed by atoms with E-state index in [1.54, 1.807) is 6.26 Å². The van der Waals surface area contributed by atoms with Crippen LogP contribution in [0.25, 0.3) is 0 Å². The number of nitrogens with zero attached hydrogens (tertiary/aromatic N) is 2. The van der Waals surface area contributed by atoms with Gasteiger partial charge in [-0.25, -0.2) is 0 Å². The molecule has 4 nitrogen and oxygen atoms in total. The van der Waals surface area contributed by atoms with Gasteiger partial charge in [-0.2, -0.15) is 0 Å². The molecule has 0 aliphatic carbocycles. The van der Waals surface area contributed by atoms with Crippen molar-refractivity contribution < 1.29 is 9.21 Å². The highest BCUT2D eigenvalue weighted by Crippen LogP contribution is 2.23. The topological polar surface area (TPSA) is 36.7 Å². The first kappa shape index (κ1) is 19.7. The second kappa shape index (κ2) is 9.75. The van der Waals surface area contributed by atoms with Crippen LogP contribution in [-0.4, -0.2) is 41.4 Å². The van der Waals surface area contributed by atoms with Crippen LogP contribution in [0, 0.1) is 5.92 Å². The number of rotatable bonds is 8. The van der Waals surface area contributed by atoms with E-state index >= 15 is 0 Å². The Hall–Kier alpha value is -2.07. The molecule has 1 aliphatic rings. The van der Waals surface area contributed by atoms with Crippen LogP contribution in [0.4, 0.5) is 0 Å². The highest BCUT2D eigenvalue weighted by molar-refractivity contribution is 5.75. The van der Waals surface area contributed by atoms with Crippen molar-refractivity contribution in [3.63, 3.8) is 0 Å². The predicted octanol–water partition coefficient (Wildman–Crippen LogP) is 4.36. The maximum absolute atomic E-state index is 12.4. The fourth-order valence-corrected chi connectivity index (χ4v) is 4.05. The van der Waals surface area contributed by atoms with E-state index in [1.807, 2.05) is 24.0 Å². The standard InChI is InChI=1S/C23H32N2O2/c1-3-23(26)25(18-22-10-7-15-27-22)17-19(2)24-13-11-21(12-14-24)16-20-8-5-4-6-9-20/h4-10,15,19,21H,3,11-14,16-18H2,1-2H3. The molecule has 0 bridgehead atoms. The summed E-state index contributed by atoms with van der Waals surface area (Å²) in [5.41, 5.74) is 1.45. The molecule has 1 aromatic heterocycles. The lowest BCUT2D eigenvalue weighted by Crippen LogP contribution is -2.47. The van der Waals surface area contributed by atoms with E-state index in [1.165, 1.54) is 24.8 Å². The maximum atomic E-state index is 12.4. The zero-order valence-electron chi connectivity index (χ0n) is 16.6. The largest absolute Gasteiger partial charge is 0.467 e. The SMILES string of the molecule is CCC(=O)N(Cc1ccco1)CC(C)N1CCC(Cc2ccccc2)CC1. The number of likely N-dealkylation sites (tertiary alicyclic amines) is 1. The Kier molecular flexibility index (Phi) is 7.11. The zero-order chi connectivity index (χ0) is 19.1. The summed E-state index contributed by atoms with van der Waals surface area (Å²) in [7, 11) is 0. The van der Waals surface area contributed by atoms with Gasteiger partial charge >= 0.3 is 0 Å². The molecule has 1 atom stereocenters. The Morgan fingerprint density at radius 2 is 1.93 bits per heavy atom. The number of hydrogen-bond acceptors (Lipinski definition) is 3. The second-order valence-electron chi connectivity index (χ2n) is 7.73. The van der Waals surface area contributed by atoms with Crippen LogP contribution in [0.2, 0.25) is 0 Å². The van der Waals surface area contributed by atoms with Crippen LogP contribution in [0.1, 0.15) is 44.4 Å². The fraction of sp³-hybridized carbons (Fsp3) is 0.522. The van der Waals surface area contributed by atoms with E-state index in [0.717, 1.165) is 31.3 Å². The van der Waals surface area contributed by atoms with Crippen molar-refractivity contribution in [2.24, 2.45) is 5.92 Å². The van der Waals surface area contributed by atoms with E-state index in [9.17, 15) is 4.79 Å². The Balaban J connectivity index is 1.49. The molecule has 4 heteroatoms. The molecule has 27 heavy (non-hydrogen) atoms. The first-order valence-corrected chi connectivity index (χ1v) is 10.2. The monoisotopic (exact) mass is 368 g/mol. The third-order valence-electron chi connectivity index (χ3n) is 5.71. The first-order valence-electron chi connectivity index (χ1n) is 10.2. The molecule has 1 unspecified atom stereocenters. The Labute approximate surface area is 163 Å². The van der Waals surface area contributed by atoms with Gasteiger partial charge in [0.05, 0.1) is 12.8 Å². The number of benzene rings is 1. The predicted molar refractivity (Wildman–Crippen MR) is 108 cm³/mol. The van der Waals surface area contributed by atoms with Crippen molar-refractivity contribution in [3.8, 4) is 0 Å². The zero-order valence-corrected chi connectivity index (χ0v) is 16.6. The third-order valence-corrected chi connectivity index (χ3v) is 5.71. The summed E-state index contributed by atoms with van der Waals surface area (Å²) < 4.78 is 5.45. The molecule has 1 fully saturated rings. The number of piperidine rings is 1. The molecular weight excluding hydrogens is 336 g/mol. The van der Waals surface area contributed by atoms with Crippen LogP contribution in [0.3, 0.4) is 0 Å². The molecule has 1 aliphatic heterocycles. The fourth-order valence-electron chi connectivity index (χ4n) is 4.05. The van der Waals surface area contributed by atoms with Crippen LogP contribution in [0.5, 0.6) is 0 Å². The van der Waals surface area contributed by atoms with E-state index in [2.05, 4.69) is 42.2 Å². The van der Waals surface area contributed by atoms with Gasteiger partial charge in [-0.15, -0.1) is 0 Å². The van der Waals surface area contributed by atoms with E-state index < -0.39 is 0 Å². The Morgan fingerprint density at radius 3 is 2.56 bits per heavy atom. The summed E-state index contributed by atoms with van der Waals surface area (Å²) in [6.45, 7) is 7.74. The maximum Gasteiger partial charge on any atom is 0.222 e. The van der Waals surface area contributed by atoms with Crippen molar-refractivity contribution in [3.05, 3.63) is 60.1 Å². The molecule has 146 valence electrons. The van der Waals surface area contributed by atoms with E-state index in [4.69, 9.17) is 4.42 Å². The average Bonchev–Trinajstić information content (AvgIpc) is 3.21. The number of carbonyl (C=O) groups is 1. The van der Waals surface area contributed by atoms with Gasteiger partial charge in [0, 0.05) is 19.0 Å². The first-order chi connectivity index (χ1) is 13.2. The number of hydrogen-bond donors (Lipinski definition) is 0.